The summed E-state index contributed by atoms with van der Waals surface area (Å²) >= 11 is 0. The summed E-state index contributed by atoms with van der Waals surface area (Å²) in [6, 6.07) is 17.7. The predicted molar refractivity (Wildman–Crippen MR) is 148 cm³/mol. The molecule has 0 aliphatic carbocycles. The van der Waals surface area contributed by atoms with Gasteiger partial charge >= 0.3 is 6.03 Å². The first kappa shape index (κ1) is 26.9. The Hall–Kier alpha value is -4.15. The topological polar surface area (TPSA) is 110 Å². The Morgan fingerprint density at radius 1 is 0.974 bits per heavy atom. The van der Waals surface area contributed by atoms with Gasteiger partial charge in [-0.15, -0.1) is 0 Å². The molecule has 2 amide bonds. The Bertz CT molecular complexity index is 1350. The van der Waals surface area contributed by atoms with Crippen LogP contribution in [0.5, 0.6) is 5.75 Å². The molecule has 4 N–H and O–H groups in total. The lowest BCUT2D eigenvalue weighted by Crippen LogP contribution is -2.21. The second kappa shape index (κ2) is 12.4. The Morgan fingerprint density at radius 2 is 1.76 bits per heavy atom. The molecule has 0 bridgehead atoms. The number of carbonyl (C=O) groups excluding carboxylic acids is 1. The summed E-state index contributed by atoms with van der Waals surface area (Å²) in [6.45, 7) is 4.97. The van der Waals surface area contributed by atoms with Crippen molar-refractivity contribution in [2.75, 3.05) is 49.4 Å². The van der Waals surface area contributed by atoms with Gasteiger partial charge in [0.1, 0.15) is 5.75 Å². The van der Waals surface area contributed by atoms with Gasteiger partial charge in [0.15, 0.2) is 0 Å². The summed E-state index contributed by atoms with van der Waals surface area (Å²) in [6.07, 6.45) is 1.80. The number of rotatable bonds is 12. The molecule has 0 saturated carbocycles. The first-order valence-electron chi connectivity index (χ1n) is 12.2. The maximum atomic E-state index is 13.8. The summed E-state index contributed by atoms with van der Waals surface area (Å²) in [7, 11) is 1.65. The standard InChI is InChI=1S/C28H32FN5O4/c1-28(2,29)38-23-6-4-5-21(15-23)33-27(35)32-20-9-7-19(8-10-20)24-16-22(17-26-25(24)18-31-34-26)30-11-12-37-14-13-36-3/h4-10,15-18,30H,11-14H2,1-3H3,(H,31,34)(H2,32,33,35). The van der Waals surface area contributed by atoms with Crippen LogP contribution in [-0.4, -0.2) is 55.6 Å². The summed E-state index contributed by atoms with van der Waals surface area (Å²) in [5.74, 6) is -1.50. The fourth-order valence-corrected chi connectivity index (χ4v) is 3.85. The Morgan fingerprint density at radius 3 is 2.53 bits per heavy atom. The zero-order valence-electron chi connectivity index (χ0n) is 21.6. The zero-order chi connectivity index (χ0) is 27.0. The van der Waals surface area contributed by atoms with Crippen molar-refractivity contribution in [3.8, 4) is 16.9 Å². The number of alkyl halides is 1. The minimum atomic E-state index is -1.82. The third kappa shape index (κ3) is 7.67. The molecule has 0 saturated heterocycles. The first-order chi connectivity index (χ1) is 18.3. The van der Waals surface area contributed by atoms with Crippen LogP contribution in [0.25, 0.3) is 22.0 Å². The monoisotopic (exact) mass is 521 g/mol. The number of halogens is 1. The number of methoxy groups -OCH3 is 1. The van der Waals surface area contributed by atoms with E-state index in [0.29, 0.717) is 43.5 Å². The number of urea groups is 1. The number of hydrogen-bond acceptors (Lipinski definition) is 6. The van der Waals surface area contributed by atoms with Crippen LogP contribution < -0.4 is 20.7 Å². The molecule has 4 aromatic rings. The number of ether oxygens (including phenoxy) is 3. The average molecular weight is 522 g/mol. The maximum absolute atomic E-state index is 13.8. The predicted octanol–water partition coefficient (Wildman–Crippen LogP) is 6.03. The number of nitrogens with one attached hydrogen (secondary N) is 4. The summed E-state index contributed by atoms with van der Waals surface area (Å²) in [5, 5.41) is 17.1. The van der Waals surface area contributed by atoms with Gasteiger partial charge < -0.3 is 30.2 Å². The molecule has 38 heavy (non-hydrogen) atoms. The summed E-state index contributed by atoms with van der Waals surface area (Å²) in [5.41, 5.74) is 4.93. The van der Waals surface area contributed by atoms with E-state index in [1.807, 2.05) is 30.3 Å². The van der Waals surface area contributed by atoms with Gasteiger partial charge in [-0.1, -0.05) is 18.2 Å². The van der Waals surface area contributed by atoms with Crippen LogP contribution >= 0.6 is 0 Å². The Kier molecular flexibility index (Phi) is 8.77. The van der Waals surface area contributed by atoms with Crippen molar-refractivity contribution >= 4 is 34.0 Å². The molecule has 0 unspecified atom stereocenters. The van der Waals surface area contributed by atoms with Crippen molar-refractivity contribution in [2.45, 2.75) is 19.7 Å². The second-order valence-corrected chi connectivity index (χ2v) is 9.04. The van der Waals surface area contributed by atoms with Gasteiger partial charge in [-0.3, -0.25) is 5.10 Å². The van der Waals surface area contributed by atoms with Crippen LogP contribution in [0.2, 0.25) is 0 Å². The fourth-order valence-electron chi connectivity index (χ4n) is 3.85. The largest absolute Gasteiger partial charge is 0.458 e. The molecule has 200 valence electrons. The zero-order valence-corrected chi connectivity index (χ0v) is 21.6. The highest BCUT2D eigenvalue weighted by atomic mass is 19.2. The number of hydrogen-bond donors (Lipinski definition) is 4. The number of aromatic amines is 1. The van der Waals surface area contributed by atoms with Crippen molar-refractivity contribution < 1.29 is 23.4 Å². The number of nitrogens with zero attached hydrogens (tertiary/aromatic N) is 1. The molecule has 3 aromatic carbocycles. The summed E-state index contributed by atoms with van der Waals surface area (Å²) < 4.78 is 29.5. The van der Waals surface area contributed by atoms with Gasteiger partial charge in [-0.25, -0.2) is 4.79 Å². The molecular weight excluding hydrogens is 489 g/mol. The van der Waals surface area contributed by atoms with Gasteiger partial charge in [0.2, 0.25) is 5.85 Å². The lowest BCUT2D eigenvalue weighted by atomic mass is 10.0. The van der Waals surface area contributed by atoms with Crippen molar-refractivity contribution in [2.24, 2.45) is 0 Å². The van der Waals surface area contributed by atoms with E-state index in [-0.39, 0.29) is 0 Å². The molecule has 0 atom stereocenters. The van der Waals surface area contributed by atoms with E-state index in [9.17, 15) is 9.18 Å². The number of anilines is 3. The number of amides is 2. The normalized spacial score (nSPS) is 11.4. The first-order valence-corrected chi connectivity index (χ1v) is 12.2. The summed E-state index contributed by atoms with van der Waals surface area (Å²) in [4.78, 5) is 12.5. The molecule has 0 radical (unpaired) electrons. The van der Waals surface area contributed by atoms with Crippen LogP contribution in [0.1, 0.15) is 13.8 Å². The van der Waals surface area contributed by atoms with E-state index >= 15 is 0 Å². The molecule has 1 heterocycles. The second-order valence-electron chi connectivity index (χ2n) is 9.04. The van der Waals surface area contributed by atoms with Crippen LogP contribution in [-0.2, 0) is 9.47 Å². The van der Waals surface area contributed by atoms with Crippen molar-refractivity contribution in [3.63, 3.8) is 0 Å². The highest BCUT2D eigenvalue weighted by Gasteiger charge is 2.17. The lowest BCUT2D eigenvalue weighted by molar-refractivity contribution is -0.0256. The molecule has 0 spiro atoms. The minimum absolute atomic E-state index is 0.320. The third-order valence-electron chi connectivity index (χ3n) is 5.47. The van der Waals surface area contributed by atoms with Gasteiger partial charge in [0.05, 0.1) is 31.5 Å². The van der Waals surface area contributed by atoms with Gasteiger partial charge in [0, 0.05) is 56.0 Å². The van der Waals surface area contributed by atoms with Crippen LogP contribution in [0, 0.1) is 0 Å². The molecule has 4 rings (SSSR count). The molecular formula is C28H32FN5O4. The molecule has 0 aliphatic rings. The number of fused-ring (bicyclic) bond motifs is 1. The van der Waals surface area contributed by atoms with Crippen molar-refractivity contribution in [1.29, 1.82) is 0 Å². The molecule has 0 aliphatic heterocycles. The maximum Gasteiger partial charge on any atom is 0.323 e. The highest BCUT2D eigenvalue weighted by Crippen LogP contribution is 2.32. The van der Waals surface area contributed by atoms with Gasteiger partial charge in [-0.05, 0) is 47.5 Å². The van der Waals surface area contributed by atoms with E-state index in [0.717, 1.165) is 27.7 Å². The molecule has 10 heteroatoms. The Labute approximate surface area is 220 Å². The minimum Gasteiger partial charge on any atom is -0.458 e. The van der Waals surface area contributed by atoms with Crippen LogP contribution in [0.4, 0.5) is 26.2 Å². The SMILES string of the molecule is COCCOCCNc1cc(-c2ccc(NC(=O)Nc3cccc(OC(C)(C)F)c3)cc2)c2cn[nH]c2c1. The van der Waals surface area contributed by atoms with E-state index < -0.39 is 11.9 Å². The molecule has 1 aromatic heterocycles. The van der Waals surface area contributed by atoms with Crippen molar-refractivity contribution in [3.05, 3.63) is 66.9 Å². The van der Waals surface area contributed by atoms with E-state index in [4.69, 9.17) is 14.2 Å². The average Bonchev–Trinajstić information content (AvgIpc) is 3.34. The number of benzene rings is 3. The van der Waals surface area contributed by atoms with Crippen LogP contribution in [0.3, 0.4) is 0 Å². The highest BCUT2D eigenvalue weighted by molar-refractivity contribution is 6.01. The van der Waals surface area contributed by atoms with Gasteiger partial charge in [0.25, 0.3) is 0 Å². The lowest BCUT2D eigenvalue weighted by Gasteiger charge is -2.17. The number of aromatic nitrogens is 2. The quantitative estimate of drug-likeness (QED) is 0.169. The van der Waals surface area contributed by atoms with Crippen molar-refractivity contribution in [1.82, 2.24) is 10.2 Å². The molecule has 0 fully saturated rings. The third-order valence-corrected chi connectivity index (χ3v) is 5.47. The van der Waals surface area contributed by atoms with E-state index in [1.165, 1.54) is 13.8 Å². The Balaban J connectivity index is 1.40. The van der Waals surface area contributed by atoms with Gasteiger partial charge in [-0.2, -0.15) is 9.49 Å². The fraction of sp³-hybridized carbons (Fsp3) is 0.286. The van der Waals surface area contributed by atoms with E-state index in [2.05, 4.69) is 32.2 Å². The number of H-pyrrole nitrogens is 1. The van der Waals surface area contributed by atoms with E-state index in [1.54, 1.807) is 37.6 Å². The smallest absolute Gasteiger partial charge is 0.323 e. The van der Waals surface area contributed by atoms with Crippen LogP contribution in [0.15, 0.2) is 66.9 Å². The number of carbonyl (C=O) groups is 1. The molecule has 9 nitrogen and oxygen atoms in total.